The predicted octanol–water partition coefficient (Wildman–Crippen LogP) is 6.35. The molecule has 0 saturated heterocycles. The SMILES string of the molecule is CCCc1cc(-c2ccc(O)cc2)c(-c2cc(F)cc(F)c2)c(-c2cn[nH]c2)c1. The Morgan fingerprint density at radius 3 is 2.10 bits per heavy atom. The molecule has 0 amide bonds. The number of aryl methyl sites for hydroxylation is 1. The Bertz CT molecular complexity index is 1120. The van der Waals surface area contributed by atoms with E-state index < -0.39 is 11.6 Å². The summed E-state index contributed by atoms with van der Waals surface area (Å²) in [5, 5.41) is 16.6. The van der Waals surface area contributed by atoms with E-state index in [0.29, 0.717) is 5.56 Å². The van der Waals surface area contributed by atoms with Gasteiger partial charge in [0.25, 0.3) is 0 Å². The Balaban J connectivity index is 2.07. The van der Waals surface area contributed by atoms with Gasteiger partial charge in [-0.3, -0.25) is 5.10 Å². The Morgan fingerprint density at radius 2 is 1.52 bits per heavy atom. The normalized spacial score (nSPS) is 11.0. The number of nitrogens with zero attached hydrogens (tertiary/aromatic N) is 1. The van der Waals surface area contributed by atoms with Gasteiger partial charge in [-0.1, -0.05) is 37.6 Å². The molecule has 146 valence electrons. The van der Waals surface area contributed by atoms with Crippen LogP contribution in [0.5, 0.6) is 5.75 Å². The van der Waals surface area contributed by atoms with Crippen LogP contribution in [0.4, 0.5) is 8.78 Å². The van der Waals surface area contributed by atoms with Crippen LogP contribution in [0.25, 0.3) is 33.4 Å². The predicted molar refractivity (Wildman–Crippen MR) is 110 cm³/mol. The van der Waals surface area contributed by atoms with Gasteiger partial charge in [0.05, 0.1) is 6.20 Å². The minimum atomic E-state index is -0.632. The third kappa shape index (κ3) is 3.90. The zero-order valence-electron chi connectivity index (χ0n) is 15.9. The van der Waals surface area contributed by atoms with Gasteiger partial charge in [0, 0.05) is 17.8 Å². The molecule has 3 aromatic carbocycles. The Kier molecular flexibility index (Phi) is 5.12. The van der Waals surface area contributed by atoms with E-state index in [2.05, 4.69) is 29.3 Å². The number of aromatic nitrogens is 2. The smallest absolute Gasteiger partial charge is 0.126 e. The highest BCUT2D eigenvalue weighted by Gasteiger charge is 2.18. The molecule has 0 atom stereocenters. The lowest BCUT2D eigenvalue weighted by molar-refractivity contribution is 0.475. The minimum Gasteiger partial charge on any atom is -0.508 e. The van der Waals surface area contributed by atoms with Crippen LogP contribution in [0, 0.1) is 11.6 Å². The van der Waals surface area contributed by atoms with E-state index in [9.17, 15) is 13.9 Å². The van der Waals surface area contributed by atoms with Crippen molar-refractivity contribution in [2.75, 3.05) is 0 Å². The quantitative estimate of drug-likeness (QED) is 0.417. The average Bonchev–Trinajstić information content (AvgIpc) is 3.22. The fourth-order valence-electron chi connectivity index (χ4n) is 3.64. The molecule has 4 rings (SSSR count). The minimum absolute atomic E-state index is 0.159. The number of phenolic OH excluding ortho intramolecular Hbond substituents is 1. The molecule has 0 aliphatic heterocycles. The first-order valence-electron chi connectivity index (χ1n) is 9.47. The number of aromatic amines is 1. The van der Waals surface area contributed by atoms with Crippen LogP contribution in [0.1, 0.15) is 18.9 Å². The molecule has 2 N–H and O–H groups in total. The summed E-state index contributed by atoms with van der Waals surface area (Å²) in [5.74, 6) is -1.10. The first kappa shape index (κ1) is 18.9. The molecule has 0 bridgehead atoms. The van der Waals surface area contributed by atoms with Crippen molar-refractivity contribution in [2.45, 2.75) is 19.8 Å². The summed E-state index contributed by atoms with van der Waals surface area (Å²) in [5.41, 5.74) is 5.66. The van der Waals surface area contributed by atoms with Gasteiger partial charge in [-0.05, 0) is 64.1 Å². The number of halogens is 2. The third-order valence-electron chi connectivity index (χ3n) is 4.88. The summed E-state index contributed by atoms with van der Waals surface area (Å²) in [4.78, 5) is 0. The summed E-state index contributed by atoms with van der Waals surface area (Å²) < 4.78 is 28.2. The van der Waals surface area contributed by atoms with Gasteiger partial charge in [-0.25, -0.2) is 8.78 Å². The van der Waals surface area contributed by atoms with E-state index in [-0.39, 0.29) is 5.75 Å². The summed E-state index contributed by atoms with van der Waals surface area (Å²) in [6, 6.07) is 14.5. The lowest BCUT2D eigenvalue weighted by Crippen LogP contribution is -1.95. The van der Waals surface area contributed by atoms with E-state index in [4.69, 9.17) is 0 Å². The van der Waals surface area contributed by atoms with Gasteiger partial charge in [0.15, 0.2) is 0 Å². The molecule has 1 aromatic heterocycles. The number of phenols is 1. The number of benzene rings is 3. The van der Waals surface area contributed by atoms with Crippen LogP contribution in [0.3, 0.4) is 0 Å². The molecule has 0 unspecified atom stereocenters. The van der Waals surface area contributed by atoms with Gasteiger partial charge in [0.1, 0.15) is 17.4 Å². The van der Waals surface area contributed by atoms with Crippen molar-refractivity contribution in [3.8, 4) is 39.1 Å². The van der Waals surface area contributed by atoms with Crippen LogP contribution >= 0.6 is 0 Å². The van der Waals surface area contributed by atoms with Gasteiger partial charge < -0.3 is 5.11 Å². The number of rotatable bonds is 5. The summed E-state index contributed by atoms with van der Waals surface area (Å²) in [7, 11) is 0. The van der Waals surface area contributed by atoms with Gasteiger partial charge in [-0.2, -0.15) is 5.10 Å². The van der Waals surface area contributed by atoms with E-state index in [1.807, 2.05) is 0 Å². The topological polar surface area (TPSA) is 48.9 Å². The molecule has 0 radical (unpaired) electrons. The molecule has 1 heterocycles. The standard InChI is InChI=1S/C24H20F2N2O/c1-2-3-15-8-22(16-4-6-21(29)7-5-16)24(17-10-19(25)12-20(26)11-17)23(9-15)18-13-27-28-14-18/h4-14,29H,2-3H2,1H3,(H,27,28). The van der Waals surface area contributed by atoms with E-state index >= 15 is 0 Å². The van der Waals surface area contributed by atoms with Gasteiger partial charge in [0.2, 0.25) is 0 Å². The molecule has 4 aromatic rings. The highest BCUT2D eigenvalue weighted by atomic mass is 19.1. The fourth-order valence-corrected chi connectivity index (χ4v) is 3.64. The van der Waals surface area contributed by atoms with Crippen LogP contribution in [-0.2, 0) is 6.42 Å². The molecule has 0 spiro atoms. The van der Waals surface area contributed by atoms with Crippen LogP contribution in [0.2, 0.25) is 0 Å². The van der Waals surface area contributed by atoms with E-state index in [0.717, 1.165) is 52.3 Å². The highest BCUT2D eigenvalue weighted by molar-refractivity contribution is 5.95. The van der Waals surface area contributed by atoms with Crippen LogP contribution in [-0.4, -0.2) is 15.3 Å². The Hall–Kier alpha value is -3.47. The van der Waals surface area contributed by atoms with Crippen LogP contribution in [0.15, 0.2) is 67.0 Å². The number of aromatic hydroxyl groups is 1. The lowest BCUT2D eigenvalue weighted by Gasteiger charge is -2.18. The fraction of sp³-hybridized carbons (Fsp3) is 0.125. The number of nitrogens with one attached hydrogen (secondary N) is 1. The molecule has 0 aliphatic carbocycles. The van der Waals surface area contributed by atoms with Crippen molar-refractivity contribution in [2.24, 2.45) is 0 Å². The van der Waals surface area contributed by atoms with Crippen molar-refractivity contribution in [3.63, 3.8) is 0 Å². The molecular formula is C24H20F2N2O. The van der Waals surface area contributed by atoms with Crippen molar-refractivity contribution < 1.29 is 13.9 Å². The molecular weight excluding hydrogens is 370 g/mol. The molecule has 29 heavy (non-hydrogen) atoms. The summed E-state index contributed by atoms with van der Waals surface area (Å²) in [6.07, 6.45) is 5.30. The molecule has 0 aliphatic rings. The number of hydrogen-bond acceptors (Lipinski definition) is 2. The first-order chi connectivity index (χ1) is 14.0. The Morgan fingerprint density at radius 1 is 0.862 bits per heavy atom. The largest absolute Gasteiger partial charge is 0.508 e. The van der Waals surface area contributed by atoms with Crippen LogP contribution < -0.4 is 0 Å². The van der Waals surface area contributed by atoms with E-state index in [1.165, 1.54) is 12.1 Å². The maximum absolute atomic E-state index is 14.1. The molecule has 5 heteroatoms. The second kappa shape index (κ2) is 7.87. The lowest BCUT2D eigenvalue weighted by atomic mass is 9.86. The van der Waals surface area contributed by atoms with Gasteiger partial charge in [-0.15, -0.1) is 0 Å². The highest BCUT2D eigenvalue weighted by Crippen LogP contribution is 2.42. The first-order valence-corrected chi connectivity index (χ1v) is 9.47. The summed E-state index contributed by atoms with van der Waals surface area (Å²) >= 11 is 0. The molecule has 3 nitrogen and oxygen atoms in total. The zero-order valence-corrected chi connectivity index (χ0v) is 15.9. The van der Waals surface area contributed by atoms with E-state index in [1.54, 1.807) is 36.7 Å². The van der Waals surface area contributed by atoms with Crippen molar-refractivity contribution in [1.29, 1.82) is 0 Å². The Labute approximate surface area is 167 Å². The third-order valence-corrected chi connectivity index (χ3v) is 4.88. The zero-order chi connectivity index (χ0) is 20.4. The second-order valence-electron chi connectivity index (χ2n) is 7.01. The summed E-state index contributed by atoms with van der Waals surface area (Å²) in [6.45, 7) is 2.10. The van der Waals surface area contributed by atoms with Crippen molar-refractivity contribution in [3.05, 3.63) is 84.2 Å². The number of hydrogen-bond donors (Lipinski definition) is 2. The maximum Gasteiger partial charge on any atom is 0.126 e. The van der Waals surface area contributed by atoms with Gasteiger partial charge >= 0.3 is 0 Å². The molecule has 0 saturated carbocycles. The van der Waals surface area contributed by atoms with Crippen molar-refractivity contribution >= 4 is 0 Å². The molecule has 0 fully saturated rings. The monoisotopic (exact) mass is 390 g/mol. The maximum atomic E-state index is 14.1. The average molecular weight is 390 g/mol. The van der Waals surface area contributed by atoms with Crippen molar-refractivity contribution in [1.82, 2.24) is 10.2 Å². The number of H-pyrrole nitrogens is 1. The second-order valence-corrected chi connectivity index (χ2v) is 7.01.